The van der Waals surface area contributed by atoms with E-state index in [0.29, 0.717) is 10.9 Å². The Balaban J connectivity index is 1.65. The molecule has 0 saturated heterocycles. The second-order valence-corrected chi connectivity index (χ2v) is 6.52. The normalized spacial score (nSPS) is 10.9. The van der Waals surface area contributed by atoms with Crippen molar-refractivity contribution in [2.45, 2.75) is 17.8 Å². The van der Waals surface area contributed by atoms with Gasteiger partial charge in [0.05, 0.1) is 11.2 Å². The lowest BCUT2D eigenvalue weighted by Gasteiger charge is -2.10. The van der Waals surface area contributed by atoms with Gasteiger partial charge in [-0.15, -0.1) is 0 Å². The van der Waals surface area contributed by atoms with Crippen LogP contribution in [0.4, 0.5) is 11.5 Å². The van der Waals surface area contributed by atoms with Crippen LogP contribution in [0.1, 0.15) is 11.5 Å². The van der Waals surface area contributed by atoms with E-state index < -0.39 is 0 Å². The highest BCUT2D eigenvalue weighted by Gasteiger charge is 2.10. The maximum Gasteiger partial charge on any atom is 0.190 e. The summed E-state index contributed by atoms with van der Waals surface area (Å²) in [5, 5.41) is 9.11. The largest absolute Gasteiger partial charge is 0.361 e. The van der Waals surface area contributed by atoms with Crippen molar-refractivity contribution in [2.75, 3.05) is 5.32 Å². The number of nitrogens with zero attached hydrogens (tertiary/aromatic N) is 3. The van der Waals surface area contributed by atoms with Gasteiger partial charge in [0.15, 0.2) is 5.16 Å². The summed E-state index contributed by atoms with van der Waals surface area (Å²) in [6.07, 6.45) is 0. The summed E-state index contributed by atoms with van der Waals surface area (Å²) in [5.41, 5.74) is 2.79. The second-order valence-electron chi connectivity index (χ2n) is 5.58. The lowest BCUT2D eigenvalue weighted by Crippen LogP contribution is -1.98. The number of benzene rings is 2. The Hall–Kier alpha value is -2.86. The fourth-order valence-corrected chi connectivity index (χ4v) is 3.23. The van der Waals surface area contributed by atoms with Crippen LogP contribution in [0.5, 0.6) is 0 Å². The minimum absolute atomic E-state index is 0.667. The van der Waals surface area contributed by atoms with Crippen molar-refractivity contribution in [3.63, 3.8) is 0 Å². The molecule has 6 heteroatoms. The van der Waals surface area contributed by atoms with Crippen LogP contribution in [-0.4, -0.2) is 15.1 Å². The minimum Gasteiger partial charge on any atom is -0.361 e. The zero-order chi connectivity index (χ0) is 17.1. The minimum atomic E-state index is 0.667. The Bertz CT molecular complexity index is 1000. The highest BCUT2D eigenvalue weighted by molar-refractivity contribution is 7.98. The van der Waals surface area contributed by atoms with Gasteiger partial charge in [0.25, 0.3) is 0 Å². The number of hydrogen-bond acceptors (Lipinski definition) is 6. The first kappa shape index (κ1) is 15.7. The summed E-state index contributed by atoms with van der Waals surface area (Å²) in [4.78, 5) is 9.35. The molecule has 0 fully saturated rings. The third kappa shape index (κ3) is 3.64. The van der Waals surface area contributed by atoms with Crippen LogP contribution in [0, 0.1) is 6.92 Å². The Morgan fingerprint density at radius 2 is 1.80 bits per heavy atom. The zero-order valence-electron chi connectivity index (χ0n) is 13.6. The van der Waals surface area contributed by atoms with Gasteiger partial charge in [-0.2, -0.15) is 0 Å². The molecule has 0 bridgehead atoms. The van der Waals surface area contributed by atoms with Crippen molar-refractivity contribution < 1.29 is 4.52 Å². The van der Waals surface area contributed by atoms with E-state index in [1.54, 1.807) is 11.8 Å². The van der Waals surface area contributed by atoms with Crippen molar-refractivity contribution in [1.82, 2.24) is 15.1 Å². The lowest BCUT2D eigenvalue weighted by atomic mass is 10.2. The highest BCUT2D eigenvalue weighted by atomic mass is 32.2. The number of para-hydroxylation sites is 2. The molecule has 0 unspecified atom stereocenters. The molecule has 2 aromatic carbocycles. The van der Waals surface area contributed by atoms with Crippen LogP contribution >= 0.6 is 11.8 Å². The average molecular weight is 348 g/mol. The Morgan fingerprint density at radius 1 is 1.00 bits per heavy atom. The maximum atomic E-state index is 5.11. The first-order valence-electron chi connectivity index (χ1n) is 7.92. The Kier molecular flexibility index (Phi) is 4.35. The molecule has 4 rings (SSSR count). The van der Waals surface area contributed by atoms with Crippen LogP contribution in [0.15, 0.2) is 70.3 Å². The summed E-state index contributed by atoms with van der Waals surface area (Å²) in [6.45, 7) is 1.88. The summed E-state index contributed by atoms with van der Waals surface area (Å²) in [5.74, 6) is 2.28. The topological polar surface area (TPSA) is 63.8 Å². The molecule has 0 atom stereocenters. The third-order valence-corrected chi connectivity index (χ3v) is 4.53. The molecule has 0 spiro atoms. The molecule has 0 amide bonds. The second kappa shape index (κ2) is 6.94. The number of aromatic nitrogens is 3. The monoisotopic (exact) mass is 348 g/mol. The predicted octanol–water partition coefficient (Wildman–Crippen LogP) is 4.96. The lowest BCUT2D eigenvalue weighted by molar-refractivity contribution is 0.393. The van der Waals surface area contributed by atoms with Crippen molar-refractivity contribution in [3.8, 4) is 0 Å². The molecule has 0 aliphatic heterocycles. The SMILES string of the molecule is Cc1cc(CSc2nc(Nc3ccccc3)c3ccccc3n2)no1. The summed E-state index contributed by atoms with van der Waals surface area (Å²) >= 11 is 1.54. The number of anilines is 2. The molecule has 0 aliphatic carbocycles. The first-order valence-corrected chi connectivity index (χ1v) is 8.90. The number of thioether (sulfide) groups is 1. The van der Waals surface area contributed by atoms with Crippen LogP contribution in [-0.2, 0) is 5.75 Å². The molecule has 124 valence electrons. The Labute approximate surface area is 149 Å². The van der Waals surface area contributed by atoms with E-state index in [2.05, 4.69) is 15.5 Å². The molecule has 2 aromatic heterocycles. The number of aryl methyl sites for hydroxylation is 1. The van der Waals surface area contributed by atoms with E-state index >= 15 is 0 Å². The van der Waals surface area contributed by atoms with E-state index in [9.17, 15) is 0 Å². The van der Waals surface area contributed by atoms with E-state index in [0.717, 1.165) is 33.9 Å². The molecule has 0 radical (unpaired) electrons. The van der Waals surface area contributed by atoms with E-state index in [4.69, 9.17) is 9.51 Å². The number of fused-ring (bicyclic) bond motifs is 1. The molecule has 25 heavy (non-hydrogen) atoms. The highest BCUT2D eigenvalue weighted by Crippen LogP contribution is 2.28. The number of rotatable bonds is 5. The first-order chi connectivity index (χ1) is 12.3. The Morgan fingerprint density at radius 3 is 2.60 bits per heavy atom. The van der Waals surface area contributed by atoms with Gasteiger partial charge in [-0.3, -0.25) is 0 Å². The van der Waals surface area contributed by atoms with E-state index in [1.807, 2.05) is 67.6 Å². The number of nitrogens with one attached hydrogen (secondary N) is 1. The molecule has 1 N–H and O–H groups in total. The molecule has 5 nitrogen and oxygen atoms in total. The summed E-state index contributed by atoms with van der Waals surface area (Å²) < 4.78 is 5.11. The van der Waals surface area contributed by atoms with Gasteiger partial charge in [0, 0.05) is 22.9 Å². The van der Waals surface area contributed by atoms with Gasteiger partial charge in [-0.05, 0) is 31.2 Å². The third-order valence-electron chi connectivity index (χ3n) is 3.65. The van der Waals surface area contributed by atoms with E-state index in [1.165, 1.54) is 0 Å². The van der Waals surface area contributed by atoms with Crippen molar-refractivity contribution >= 4 is 34.2 Å². The van der Waals surface area contributed by atoms with E-state index in [-0.39, 0.29) is 0 Å². The van der Waals surface area contributed by atoms with Gasteiger partial charge in [-0.25, -0.2) is 9.97 Å². The molecular weight excluding hydrogens is 332 g/mol. The van der Waals surface area contributed by atoms with Crippen molar-refractivity contribution in [1.29, 1.82) is 0 Å². The van der Waals surface area contributed by atoms with Gasteiger partial charge in [-0.1, -0.05) is 47.3 Å². The quantitative estimate of drug-likeness (QED) is 0.406. The zero-order valence-corrected chi connectivity index (χ0v) is 14.5. The standard InChI is InChI=1S/C19H16N4OS/c1-13-11-15(23-24-13)12-25-19-21-17-10-6-5-9-16(17)18(22-19)20-14-7-3-2-4-8-14/h2-11H,12H2,1H3,(H,20,21,22). The maximum absolute atomic E-state index is 5.11. The van der Waals surface area contributed by atoms with Crippen molar-refractivity contribution in [3.05, 3.63) is 72.1 Å². The van der Waals surface area contributed by atoms with Crippen LogP contribution < -0.4 is 5.32 Å². The molecule has 2 heterocycles. The predicted molar refractivity (Wildman–Crippen MR) is 100 cm³/mol. The molecule has 4 aromatic rings. The van der Waals surface area contributed by atoms with Crippen LogP contribution in [0.25, 0.3) is 10.9 Å². The molecular formula is C19H16N4OS. The van der Waals surface area contributed by atoms with Crippen molar-refractivity contribution in [2.24, 2.45) is 0 Å². The molecule has 0 saturated carbocycles. The average Bonchev–Trinajstić information content (AvgIpc) is 3.06. The van der Waals surface area contributed by atoms with Crippen LogP contribution in [0.3, 0.4) is 0 Å². The van der Waals surface area contributed by atoms with Gasteiger partial charge in [0.1, 0.15) is 11.6 Å². The van der Waals surface area contributed by atoms with Gasteiger partial charge in [0.2, 0.25) is 0 Å². The van der Waals surface area contributed by atoms with Gasteiger partial charge < -0.3 is 9.84 Å². The fraction of sp³-hybridized carbons (Fsp3) is 0.105. The number of hydrogen-bond donors (Lipinski definition) is 1. The summed E-state index contributed by atoms with van der Waals surface area (Å²) in [7, 11) is 0. The van der Waals surface area contributed by atoms with Crippen LogP contribution in [0.2, 0.25) is 0 Å². The molecule has 0 aliphatic rings. The smallest absolute Gasteiger partial charge is 0.190 e. The van der Waals surface area contributed by atoms with Gasteiger partial charge >= 0.3 is 0 Å². The fourth-order valence-electron chi connectivity index (χ4n) is 2.50. The summed E-state index contributed by atoms with van der Waals surface area (Å²) in [6, 6.07) is 19.9.